The van der Waals surface area contributed by atoms with Crippen molar-refractivity contribution < 1.29 is 9.53 Å². The normalized spacial score (nSPS) is 10.7. The molecule has 1 heterocycles. The lowest BCUT2D eigenvalue weighted by Gasteiger charge is -2.08. The van der Waals surface area contributed by atoms with Crippen molar-refractivity contribution in [2.75, 3.05) is 13.7 Å². The van der Waals surface area contributed by atoms with E-state index in [0.717, 1.165) is 41.1 Å². The van der Waals surface area contributed by atoms with Crippen LogP contribution in [-0.4, -0.2) is 29.3 Å². The SMILES string of the molecule is CCCCCCNC(=O)c1cc(-c2cccc(OC)c2)nn1-c1ccc(C)cc1. The zero-order chi connectivity index (χ0) is 20.6. The number of aromatic nitrogens is 2. The van der Waals surface area contributed by atoms with Crippen LogP contribution in [-0.2, 0) is 0 Å². The monoisotopic (exact) mass is 391 g/mol. The molecule has 3 rings (SSSR count). The predicted octanol–water partition coefficient (Wildman–Crippen LogP) is 5.17. The molecule has 0 radical (unpaired) electrons. The summed E-state index contributed by atoms with van der Waals surface area (Å²) in [6, 6.07) is 17.6. The highest BCUT2D eigenvalue weighted by Gasteiger charge is 2.17. The van der Waals surface area contributed by atoms with Crippen LogP contribution in [0.25, 0.3) is 16.9 Å². The Hall–Kier alpha value is -3.08. The first kappa shape index (κ1) is 20.6. The fourth-order valence-electron chi connectivity index (χ4n) is 3.19. The van der Waals surface area contributed by atoms with E-state index in [1.165, 1.54) is 12.8 Å². The molecule has 1 N–H and O–H groups in total. The zero-order valence-electron chi connectivity index (χ0n) is 17.4. The van der Waals surface area contributed by atoms with Crippen molar-refractivity contribution in [3.8, 4) is 22.7 Å². The fourth-order valence-corrected chi connectivity index (χ4v) is 3.19. The van der Waals surface area contributed by atoms with Gasteiger partial charge in [-0.2, -0.15) is 5.10 Å². The number of methoxy groups -OCH3 is 1. The maximum absolute atomic E-state index is 12.9. The Morgan fingerprint density at radius 3 is 2.59 bits per heavy atom. The Kier molecular flexibility index (Phi) is 7.06. The number of carbonyl (C=O) groups excluding carboxylic acids is 1. The lowest BCUT2D eigenvalue weighted by molar-refractivity contribution is 0.0945. The molecule has 152 valence electrons. The molecule has 0 spiro atoms. The van der Waals surface area contributed by atoms with Gasteiger partial charge in [-0.3, -0.25) is 4.79 Å². The van der Waals surface area contributed by atoms with Gasteiger partial charge < -0.3 is 10.1 Å². The third-order valence-corrected chi connectivity index (χ3v) is 4.90. The van der Waals surface area contributed by atoms with E-state index in [9.17, 15) is 4.79 Å². The van der Waals surface area contributed by atoms with Gasteiger partial charge >= 0.3 is 0 Å². The minimum Gasteiger partial charge on any atom is -0.497 e. The van der Waals surface area contributed by atoms with Gasteiger partial charge in [0, 0.05) is 12.1 Å². The van der Waals surface area contributed by atoms with Gasteiger partial charge in [-0.1, -0.05) is 56.0 Å². The van der Waals surface area contributed by atoms with Crippen molar-refractivity contribution in [3.63, 3.8) is 0 Å². The lowest BCUT2D eigenvalue weighted by atomic mass is 10.1. The molecule has 0 bridgehead atoms. The fraction of sp³-hybridized carbons (Fsp3) is 0.333. The molecule has 5 nitrogen and oxygen atoms in total. The maximum Gasteiger partial charge on any atom is 0.270 e. The molecule has 0 aliphatic heterocycles. The topological polar surface area (TPSA) is 56.1 Å². The Morgan fingerprint density at radius 2 is 1.86 bits per heavy atom. The molecule has 0 aliphatic carbocycles. The molecule has 0 saturated heterocycles. The molecule has 0 unspecified atom stereocenters. The van der Waals surface area contributed by atoms with Crippen LogP contribution in [0.4, 0.5) is 0 Å². The Bertz CT molecular complexity index is 945. The molecule has 2 aromatic carbocycles. The molecule has 0 aliphatic rings. The Labute approximate surface area is 172 Å². The van der Waals surface area contributed by atoms with E-state index in [4.69, 9.17) is 9.84 Å². The van der Waals surface area contributed by atoms with Gasteiger partial charge in [0.2, 0.25) is 0 Å². The van der Waals surface area contributed by atoms with Crippen LogP contribution >= 0.6 is 0 Å². The van der Waals surface area contributed by atoms with Crippen molar-refractivity contribution in [2.24, 2.45) is 0 Å². The number of unbranched alkanes of at least 4 members (excludes halogenated alkanes) is 3. The van der Waals surface area contributed by atoms with Gasteiger partial charge in [-0.25, -0.2) is 4.68 Å². The average Bonchev–Trinajstić information content (AvgIpc) is 3.19. The molecule has 0 fully saturated rings. The standard InChI is InChI=1S/C24H29N3O2/c1-4-5-6-7-15-25-24(28)23-17-22(19-9-8-10-21(16-19)29-3)26-27(23)20-13-11-18(2)12-14-20/h8-14,16-17H,4-7,15H2,1-3H3,(H,25,28). The predicted molar refractivity (Wildman–Crippen MR) is 117 cm³/mol. The number of benzene rings is 2. The van der Waals surface area contributed by atoms with Crippen LogP contribution in [0.5, 0.6) is 5.75 Å². The van der Waals surface area contributed by atoms with E-state index in [-0.39, 0.29) is 5.91 Å². The third kappa shape index (κ3) is 5.25. The third-order valence-electron chi connectivity index (χ3n) is 4.90. The summed E-state index contributed by atoms with van der Waals surface area (Å²) in [6.45, 7) is 4.89. The second-order valence-electron chi connectivity index (χ2n) is 7.21. The van der Waals surface area contributed by atoms with Gasteiger partial charge in [0.25, 0.3) is 5.91 Å². The number of hydrogen-bond donors (Lipinski definition) is 1. The van der Waals surface area contributed by atoms with Crippen LogP contribution < -0.4 is 10.1 Å². The summed E-state index contributed by atoms with van der Waals surface area (Å²) >= 11 is 0. The summed E-state index contributed by atoms with van der Waals surface area (Å²) in [7, 11) is 1.64. The molecule has 0 atom stereocenters. The van der Waals surface area contributed by atoms with Crippen molar-refractivity contribution in [3.05, 3.63) is 65.9 Å². The molecule has 1 aromatic heterocycles. The van der Waals surface area contributed by atoms with Crippen LogP contribution in [0.3, 0.4) is 0 Å². The second kappa shape index (κ2) is 9.92. The minimum atomic E-state index is -0.108. The number of nitrogens with one attached hydrogen (secondary N) is 1. The Morgan fingerprint density at radius 1 is 1.07 bits per heavy atom. The number of carbonyl (C=O) groups is 1. The first-order valence-corrected chi connectivity index (χ1v) is 10.2. The first-order chi connectivity index (χ1) is 14.1. The number of rotatable bonds is 9. The first-order valence-electron chi connectivity index (χ1n) is 10.2. The van der Waals surface area contributed by atoms with E-state index in [1.807, 2.05) is 61.5 Å². The molecule has 5 heteroatoms. The summed E-state index contributed by atoms with van der Waals surface area (Å²) in [4.78, 5) is 12.9. The van der Waals surface area contributed by atoms with Crippen molar-refractivity contribution in [2.45, 2.75) is 39.5 Å². The summed E-state index contributed by atoms with van der Waals surface area (Å²) in [5, 5.41) is 7.78. The highest BCUT2D eigenvalue weighted by molar-refractivity contribution is 5.94. The van der Waals surface area contributed by atoms with E-state index < -0.39 is 0 Å². The van der Waals surface area contributed by atoms with Crippen LogP contribution in [0.15, 0.2) is 54.6 Å². The van der Waals surface area contributed by atoms with Crippen molar-refractivity contribution in [1.82, 2.24) is 15.1 Å². The van der Waals surface area contributed by atoms with Gasteiger partial charge in [-0.05, 0) is 43.7 Å². The number of aryl methyl sites for hydroxylation is 1. The lowest BCUT2D eigenvalue weighted by Crippen LogP contribution is -2.26. The minimum absolute atomic E-state index is 0.108. The number of nitrogens with zero attached hydrogens (tertiary/aromatic N) is 2. The van der Waals surface area contributed by atoms with Crippen LogP contribution in [0, 0.1) is 6.92 Å². The molecule has 3 aromatic rings. The van der Waals surface area contributed by atoms with Gasteiger partial charge in [0.1, 0.15) is 11.4 Å². The number of amides is 1. The smallest absolute Gasteiger partial charge is 0.270 e. The van der Waals surface area contributed by atoms with E-state index >= 15 is 0 Å². The highest BCUT2D eigenvalue weighted by Crippen LogP contribution is 2.25. The zero-order valence-corrected chi connectivity index (χ0v) is 17.4. The van der Waals surface area contributed by atoms with E-state index in [0.29, 0.717) is 12.2 Å². The molecular weight excluding hydrogens is 362 g/mol. The summed E-state index contributed by atoms with van der Waals surface area (Å²) in [6.07, 6.45) is 4.49. The molecule has 0 saturated carbocycles. The van der Waals surface area contributed by atoms with Gasteiger partial charge in [0.15, 0.2) is 0 Å². The average molecular weight is 392 g/mol. The maximum atomic E-state index is 12.9. The largest absolute Gasteiger partial charge is 0.497 e. The highest BCUT2D eigenvalue weighted by atomic mass is 16.5. The summed E-state index contributed by atoms with van der Waals surface area (Å²) < 4.78 is 7.05. The van der Waals surface area contributed by atoms with Crippen LogP contribution in [0.1, 0.15) is 48.7 Å². The number of ether oxygens (including phenoxy) is 1. The quantitative estimate of drug-likeness (QED) is 0.512. The van der Waals surface area contributed by atoms with Gasteiger partial charge in [-0.15, -0.1) is 0 Å². The summed E-state index contributed by atoms with van der Waals surface area (Å²) in [5.41, 5.74) is 4.20. The molecular formula is C24H29N3O2. The van der Waals surface area contributed by atoms with E-state index in [1.54, 1.807) is 11.8 Å². The van der Waals surface area contributed by atoms with Gasteiger partial charge in [0.05, 0.1) is 18.5 Å². The molecule has 1 amide bonds. The Balaban J connectivity index is 1.91. The molecule has 29 heavy (non-hydrogen) atoms. The summed E-state index contributed by atoms with van der Waals surface area (Å²) in [5.74, 6) is 0.651. The number of hydrogen-bond acceptors (Lipinski definition) is 3. The van der Waals surface area contributed by atoms with Crippen LogP contribution in [0.2, 0.25) is 0 Å². The van der Waals surface area contributed by atoms with E-state index in [2.05, 4.69) is 12.2 Å². The second-order valence-corrected chi connectivity index (χ2v) is 7.21. The van der Waals surface area contributed by atoms with Crippen molar-refractivity contribution >= 4 is 5.91 Å². The van der Waals surface area contributed by atoms with Crippen molar-refractivity contribution in [1.29, 1.82) is 0 Å².